The largest absolute Gasteiger partial charge is 0.479 e. The number of rotatable bonds is 2. The van der Waals surface area contributed by atoms with E-state index in [0.717, 1.165) is 19.5 Å². The molecule has 0 fully saturated rings. The van der Waals surface area contributed by atoms with Crippen molar-refractivity contribution in [3.63, 3.8) is 0 Å². The molecule has 0 aromatic heterocycles. The molecule has 0 radical (unpaired) electrons. The quantitative estimate of drug-likeness (QED) is 0.422. The zero-order valence-electron chi connectivity index (χ0n) is 6.21. The fourth-order valence-corrected chi connectivity index (χ4v) is 1.05. The van der Waals surface area contributed by atoms with E-state index in [9.17, 15) is 4.79 Å². The van der Waals surface area contributed by atoms with Gasteiger partial charge in [-0.05, 0) is 0 Å². The van der Waals surface area contributed by atoms with E-state index in [0.29, 0.717) is 5.96 Å². The number of carboxylic acids is 1. The lowest BCUT2D eigenvalue weighted by molar-refractivity contribution is -0.525. The molecule has 0 amide bonds. The van der Waals surface area contributed by atoms with Crippen molar-refractivity contribution in [3.05, 3.63) is 0 Å². The number of nitrogens with two attached hydrogens (primary N) is 1. The summed E-state index contributed by atoms with van der Waals surface area (Å²) in [5.41, 5.74) is 5.50. The van der Waals surface area contributed by atoms with Crippen molar-refractivity contribution in [3.8, 4) is 0 Å². The molecule has 0 unspecified atom stereocenters. The zero-order valence-corrected chi connectivity index (χ0v) is 6.21. The van der Waals surface area contributed by atoms with Crippen LogP contribution < -0.4 is 11.1 Å². The molecule has 5 heteroatoms. The highest BCUT2D eigenvalue weighted by Crippen LogP contribution is 1.87. The molecule has 4 N–H and O–H groups in total. The maximum atomic E-state index is 10.3. The summed E-state index contributed by atoms with van der Waals surface area (Å²) >= 11 is 0. The highest BCUT2D eigenvalue weighted by atomic mass is 16.4. The van der Waals surface area contributed by atoms with Crippen LogP contribution in [0.4, 0.5) is 0 Å². The van der Waals surface area contributed by atoms with Crippen LogP contribution in [0.3, 0.4) is 0 Å². The minimum absolute atomic E-state index is 0.0150. The van der Waals surface area contributed by atoms with E-state index in [1.807, 2.05) is 0 Å². The molecular weight excluding hydrogens is 146 g/mol. The smallest absolute Gasteiger partial charge is 0.343 e. The molecule has 1 aliphatic rings. The third-order valence-electron chi connectivity index (χ3n) is 1.58. The molecule has 1 heterocycles. The van der Waals surface area contributed by atoms with Crippen molar-refractivity contribution in [2.24, 2.45) is 5.73 Å². The van der Waals surface area contributed by atoms with Crippen LogP contribution in [0.25, 0.3) is 0 Å². The third kappa shape index (κ3) is 2.10. The van der Waals surface area contributed by atoms with Gasteiger partial charge in [-0.3, -0.25) is 15.6 Å². The Morgan fingerprint density at radius 3 is 3.09 bits per heavy atom. The Kier molecular flexibility index (Phi) is 2.30. The zero-order chi connectivity index (χ0) is 8.27. The van der Waals surface area contributed by atoms with Gasteiger partial charge in [0, 0.05) is 6.42 Å². The summed E-state index contributed by atoms with van der Waals surface area (Å²) in [6.45, 7) is 1.55. The van der Waals surface area contributed by atoms with Crippen molar-refractivity contribution in [2.75, 3.05) is 19.6 Å². The molecule has 5 nitrogen and oxygen atoms in total. The van der Waals surface area contributed by atoms with E-state index in [1.165, 1.54) is 0 Å². The van der Waals surface area contributed by atoms with Gasteiger partial charge in [-0.2, -0.15) is 0 Å². The van der Waals surface area contributed by atoms with Crippen LogP contribution in [0.2, 0.25) is 0 Å². The Bertz CT molecular complexity index is 200. The maximum Gasteiger partial charge on any atom is 0.343 e. The molecule has 0 aromatic rings. The van der Waals surface area contributed by atoms with Gasteiger partial charge in [-0.25, -0.2) is 4.79 Å². The first-order valence-corrected chi connectivity index (χ1v) is 3.53. The number of nitrogens with zero attached hydrogens (tertiary/aromatic N) is 1. The fourth-order valence-electron chi connectivity index (χ4n) is 1.05. The van der Waals surface area contributed by atoms with Crippen LogP contribution in [0.1, 0.15) is 6.42 Å². The van der Waals surface area contributed by atoms with Crippen LogP contribution in [0.15, 0.2) is 0 Å². The van der Waals surface area contributed by atoms with Gasteiger partial charge in [0.2, 0.25) is 0 Å². The van der Waals surface area contributed by atoms with Crippen LogP contribution >= 0.6 is 0 Å². The number of carboxylic acid groups (broad SMARTS) is 1. The summed E-state index contributed by atoms with van der Waals surface area (Å²) in [7, 11) is 0. The normalized spacial score (nSPS) is 17.8. The molecule has 62 valence electrons. The Labute approximate surface area is 64.5 Å². The predicted molar refractivity (Wildman–Crippen MR) is 39.4 cm³/mol. The van der Waals surface area contributed by atoms with Crippen molar-refractivity contribution in [1.29, 1.82) is 0 Å². The molecule has 0 saturated carbocycles. The molecule has 0 bridgehead atoms. The minimum atomic E-state index is -0.850. The first-order valence-electron chi connectivity index (χ1n) is 3.53. The number of aliphatic carboxylic acids is 1. The van der Waals surface area contributed by atoms with E-state index in [-0.39, 0.29) is 6.54 Å². The van der Waals surface area contributed by atoms with Gasteiger partial charge < -0.3 is 5.11 Å². The van der Waals surface area contributed by atoms with E-state index in [2.05, 4.69) is 5.32 Å². The summed E-state index contributed by atoms with van der Waals surface area (Å²) < 4.78 is 1.62. The number of hydrogen-bond donors (Lipinski definition) is 3. The number of nitrogens with one attached hydrogen (secondary N) is 1. The maximum absolute atomic E-state index is 10.3. The van der Waals surface area contributed by atoms with Gasteiger partial charge in [0.15, 0.2) is 6.54 Å². The number of guanidine groups is 1. The molecule has 1 aliphatic heterocycles. The fraction of sp³-hybridized carbons (Fsp3) is 0.667. The van der Waals surface area contributed by atoms with Gasteiger partial charge in [-0.15, -0.1) is 0 Å². The van der Waals surface area contributed by atoms with Crippen LogP contribution in [-0.2, 0) is 4.79 Å². The second-order valence-corrected chi connectivity index (χ2v) is 2.48. The lowest BCUT2D eigenvalue weighted by Gasteiger charge is -2.13. The molecule has 0 aromatic carbocycles. The van der Waals surface area contributed by atoms with Crippen molar-refractivity contribution in [2.45, 2.75) is 6.42 Å². The highest BCUT2D eigenvalue weighted by Gasteiger charge is 2.15. The summed E-state index contributed by atoms with van der Waals surface area (Å²) in [5, 5.41) is 11.3. The Balaban J connectivity index is 2.59. The second kappa shape index (κ2) is 3.23. The first-order chi connectivity index (χ1) is 5.20. The first kappa shape index (κ1) is 7.84. The molecular formula is C6H12N3O2+. The average Bonchev–Trinajstić information content (AvgIpc) is 1.93. The van der Waals surface area contributed by atoms with E-state index >= 15 is 0 Å². The van der Waals surface area contributed by atoms with Crippen molar-refractivity contribution < 1.29 is 14.5 Å². The van der Waals surface area contributed by atoms with Gasteiger partial charge in [0.05, 0.1) is 13.1 Å². The van der Waals surface area contributed by atoms with E-state index < -0.39 is 5.97 Å². The van der Waals surface area contributed by atoms with E-state index in [1.54, 1.807) is 4.58 Å². The van der Waals surface area contributed by atoms with Crippen LogP contribution in [0.5, 0.6) is 0 Å². The Hall–Kier alpha value is -1.26. The minimum Gasteiger partial charge on any atom is -0.479 e. The predicted octanol–water partition coefficient (Wildman–Crippen LogP) is -1.61. The number of carbonyl (C=O) groups is 1. The SMILES string of the molecule is NC1=[N+](CC(=O)O)CCCN1. The summed E-state index contributed by atoms with van der Waals surface area (Å²) in [6, 6.07) is 0. The van der Waals surface area contributed by atoms with Crippen molar-refractivity contribution >= 4 is 11.9 Å². The molecule has 0 spiro atoms. The molecule has 0 aliphatic carbocycles. The monoisotopic (exact) mass is 158 g/mol. The van der Waals surface area contributed by atoms with E-state index in [4.69, 9.17) is 10.8 Å². The summed E-state index contributed by atoms with van der Waals surface area (Å²) in [6.07, 6.45) is 0.938. The third-order valence-corrected chi connectivity index (χ3v) is 1.58. The van der Waals surface area contributed by atoms with Gasteiger partial charge in [-0.1, -0.05) is 0 Å². The average molecular weight is 158 g/mol. The lowest BCUT2D eigenvalue weighted by atomic mass is 10.3. The standard InChI is InChI=1S/C6H11N3O2/c7-6-8-2-1-3-9(6)4-5(10)11/h1-4H2,(H3,7,8,10,11)/p+1. The molecule has 11 heavy (non-hydrogen) atoms. The molecule has 0 saturated heterocycles. The lowest BCUT2D eigenvalue weighted by Crippen LogP contribution is -2.47. The van der Waals surface area contributed by atoms with Crippen molar-refractivity contribution in [1.82, 2.24) is 5.32 Å². The van der Waals surface area contributed by atoms with Gasteiger partial charge in [0.1, 0.15) is 0 Å². The number of hydrogen-bond acceptors (Lipinski definition) is 3. The van der Waals surface area contributed by atoms with Crippen LogP contribution in [-0.4, -0.2) is 41.2 Å². The highest BCUT2D eigenvalue weighted by molar-refractivity contribution is 5.75. The second-order valence-electron chi connectivity index (χ2n) is 2.48. The summed E-state index contributed by atoms with van der Waals surface area (Å²) in [5.74, 6) is -0.379. The topological polar surface area (TPSA) is 78.4 Å². The van der Waals surface area contributed by atoms with Crippen LogP contribution in [0, 0.1) is 0 Å². The molecule has 1 rings (SSSR count). The van der Waals surface area contributed by atoms with Gasteiger partial charge in [0.25, 0.3) is 0 Å². The Morgan fingerprint density at radius 2 is 2.55 bits per heavy atom. The van der Waals surface area contributed by atoms with Gasteiger partial charge >= 0.3 is 11.9 Å². The summed E-state index contributed by atoms with van der Waals surface area (Å²) in [4.78, 5) is 10.3. The Morgan fingerprint density at radius 1 is 1.82 bits per heavy atom. The molecule has 0 atom stereocenters.